The zero-order valence-electron chi connectivity index (χ0n) is 18.6. The van der Waals surface area contributed by atoms with E-state index in [0.717, 1.165) is 12.0 Å². The van der Waals surface area contributed by atoms with Crippen LogP contribution in [0, 0.1) is 0 Å². The Morgan fingerprint density at radius 2 is 1.82 bits per heavy atom. The number of hydrogen-bond acceptors (Lipinski definition) is 8. The van der Waals surface area contributed by atoms with Crippen LogP contribution in [0.3, 0.4) is 0 Å². The molecule has 1 N–H and O–H groups in total. The first-order valence-electron chi connectivity index (χ1n) is 10.0. The summed E-state index contributed by atoms with van der Waals surface area (Å²) >= 11 is 0. The number of anilines is 1. The Kier molecular flexibility index (Phi) is 7.04. The predicted molar refractivity (Wildman–Crippen MR) is 119 cm³/mol. The fourth-order valence-electron chi connectivity index (χ4n) is 3.63. The van der Waals surface area contributed by atoms with Crippen molar-refractivity contribution < 1.29 is 36.5 Å². The molecule has 1 atom stereocenters. The van der Waals surface area contributed by atoms with Gasteiger partial charge in [-0.1, -0.05) is 12.1 Å². The third-order valence-corrected chi connectivity index (χ3v) is 6.29. The van der Waals surface area contributed by atoms with E-state index >= 15 is 0 Å². The average molecular weight is 477 g/mol. The molecule has 33 heavy (non-hydrogen) atoms. The number of methoxy groups -OCH3 is 1. The first kappa shape index (κ1) is 24.2. The van der Waals surface area contributed by atoms with E-state index in [1.165, 1.54) is 38.3 Å². The van der Waals surface area contributed by atoms with Gasteiger partial charge < -0.3 is 14.8 Å². The molecule has 0 fully saturated rings. The van der Waals surface area contributed by atoms with E-state index in [2.05, 4.69) is 9.50 Å². The van der Waals surface area contributed by atoms with Gasteiger partial charge in [0.1, 0.15) is 5.75 Å². The van der Waals surface area contributed by atoms with Crippen molar-refractivity contribution in [2.45, 2.75) is 19.9 Å². The molecule has 0 aromatic heterocycles. The summed E-state index contributed by atoms with van der Waals surface area (Å²) in [6.45, 7) is 3.36. The van der Waals surface area contributed by atoms with Crippen LogP contribution in [0.25, 0.3) is 0 Å². The van der Waals surface area contributed by atoms with E-state index in [-0.39, 0.29) is 16.8 Å². The van der Waals surface area contributed by atoms with Crippen LogP contribution < -0.4 is 14.8 Å². The maximum Gasteiger partial charge on any atom is 0.269 e. The first-order valence-corrected chi connectivity index (χ1v) is 11.6. The molecule has 176 valence electrons. The number of carbonyl (C=O) groups is 3. The fraction of sp³-hybridized carbons (Fsp3) is 0.318. The van der Waals surface area contributed by atoms with Crippen LogP contribution >= 0.6 is 0 Å². The van der Waals surface area contributed by atoms with Crippen LogP contribution in [0.5, 0.6) is 11.5 Å². The molecule has 3 amide bonds. The fourth-order valence-corrected chi connectivity index (χ4v) is 4.49. The van der Waals surface area contributed by atoms with Gasteiger partial charge in [0.25, 0.3) is 21.9 Å². The molecule has 1 aliphatic heterocycles. The number of benzene rings is 2. The molecule has 0 saturated heterocycles. The molecule has 2 aromatic carbocycles. The molecule has 11 heteroatoms. The third-order valence-electron chi connectivity index (χ3n) is 5.06. The van der Waals surface area contributed by atoms with Crippen molar-refractivity contribution in [2.75, 3.05) is 31.9 Å². The maximum absolute atomic E-state index is 13.4. The number of carbonyl (C=O) groups excluding carboxylic acids is 3. The van der Waals surface area contributed by atoms with Gasteiger partial charge in [0.15, 0.2) is 11.5 Å². The molecule has 0 bridgehead atoms. The molecule has 0 spiro atoms. The minimum Gasteiger partial charge on any atom is -0.493 e. The van der Waals surface area contributed by atoms with E-state index in [1.54, 1.807) is 19.1 Å². The molecule has 3 rings (SSSR count). The van der Waals surface area contributed by atoms with Crippen LogP contribution in [0.2, 0.25) is 0 Å². The van der Waals surface area contributed by atoms with Crippen molar-refractivity contribution in [3.63, 3.8) is 0 Å². The lowest BCUT2D eigenvalue weighted by Gasteiger charge is -2.27. The number of rotatable bonds is 9. The van der Waals surface area contributed by atoms with Crippen LogP contribution in [-0.2, 0) is 19.1 Å². The van der Waals surface area contributed by atoms with Gasteiger partial charge in [0, 0.05) is 6.92 Å². The highest BCUT2D eigenvalue weighted by Gasteiger charge is 2.44. The summed E-state index contributed by atoms with van der Waals surface area (Å²) in [5, 5.41) is 2.54. The molecule has 0 radical (unpaired) electrons. The summed E-state index contributed by atoms with van der Waals surface area (Å²) in [5.74, 6) is -1.78. The molecule has 10 nitrogen and oxygen atoms in total. The summed E-state index contributed by atoms with van der Waals surface area (Å²) in [4.78, 5) is 39.1. The van der Waals surface area contributed by atoms with Gasteiger partial charge in [-0.25, -0.2) is 0 Å². The summed E-state index contributed by atoms with van der Waals surface area (Å²) in [7, 11) is -1.64. The Labute approximate surface area is 191 Å². The Bertz CT molecular complexity index is 1210. The van der Waals surface area contributed by atoms with Crippen molar-refractivity contribution in [2.24, 2.45) is 0 Å². The van der Waals surface area contributed by atoms with E-state index in [9.17, 15) is 22.8 Å². The summed E-state index contributed by atoms with van der Waals surface area (Å²) < 4.78 is 40.2. The monoisotopic (exact) mass is 476 g/mol. The standard InChI is InChI=1S/C22H24N2O8S/c1-5-32-19-11-14(9-10-18(19)30-3)17(12-33(28,29)31-4)24-21(26)15-7-6-8-16(23-13(2)25)20(15)22(24)27/h6-11,17H,5,12H2,1-4H3,(H,23,25). The van der Waals surface area contributed by atoms with Crippen molar-refractivity contribution in [3.05, 3.63) is 53.1 Å². The lowest BCUT2D eigenvalue weighted by molar-refractivity contribution is -0.114. The average Bonchev–Trinajstić information content (AvgIpc) is 3.03. The van der Waals surface area contributed by atoms with Crippen LogP contribution in [0.15, 0.2) is 36.4 Å². The lowest BCUT2D eigenvalue weighted by Crippen LogP contribution is -2.38. The second-order valence-corrected chi connectivity index (χ2v) is 8.92. The lowest BCUT2D eigenvalue weighted by atomic mass is 10.1. The van der Waals surface area contributed by atoms with E-state index in [1.807, 2.05) is 0 Å². The molecule has 0 aliphatic carbocycles. The highest BCUT2D eigenvalue weighted by molar-refractivity contribution is 7.86. The number of nitrogens with zero attached hydrogens (tertiary/aromatic N) is 1. The summed E-state index contributed by atoms with van der Waals surface area (Å²) in [6, 6.07) is 7.89. The van der Waals surface area contributed by atoms with Gasteiger partial charge in [-0.05, 0) is 36.8 Å². The Hall–Kier alpha value is -3.44. The van der Waals surface area contributed by atoms with E-state index in [0.29, 0.717) is 23.7 Å². The highest BCUT2D eigenvalue weighted by Crippen LogP contribution is 2.38. The van der Waals surface area contributed by atoms with E-state index in [4.69, 9.17) is 9.47 Å². The largest absolute Gasteiger partial charge is 0.493 e. The summed E-state index contributed by atoms with van der Waals surface area (Å²) in [5.41, 5.74) is 0.551. The van der Waals surface area contributed by atoms with Gasteiger partial charge in [-0.2, -0.15) is 8.42 Å². The molecule has 2 aromatic rings. The Balaban J connectivity index is 2.14. The number of imide groups is 1. The van der Waals surface area contributed by atoms with Gasteiger partial charge in [0.05, 0.1) is 43.7 Å². The molecule has 1 heterocycles. The smallest absolute Gasteiger partial charge is 0.269 e. The number of hydrogen-bond donors (Lipinski definition) is 1. The zero-order chi connectivity index (χ0) is 24.3. The molecule has 0 saturated carbocycles. The number of fused-ring (bicyclic) bond motifs is 1. The van der Waals surface area contributed by atoms with Crippen LogP contribution in [0.4, 0.5) is 5.69 Å². The van der Waals surface area contributed by atoms with Gasteiger partial charge in [-0.3, -0.25) is 23.5 Å². The van der Waals surface area contributed by atoms with Gasteiger partial charge in [0.2, 0.25) is 5.91 Å². The van der Waals surface area contributed by atoms with Gasteiger partial charge in [-0.15, -0.1) is 0 Å². The van der Waals surface area contributed by atoms with Crippen molar-refractivity contribution in [1.82, 2.24) is 4.90 Å². The second kappa shape index (κ2) is 9.59. The highest BCUT2D eigenvalue weighted by atomic mass is 32.2. The Morgan fingerprint density at radius 1 is 1.09 bits per heavy atom. The number of amides is 3. The van der Waals surface area contributed by atoms with Gasteiger partial charge >= 0.3 is 0 Å². The minimum atomic E-state index is -4.10. The molecule has 1 unspecified atom stereocenters. The van der Waals surface area contributed by atoms with Crippen LogP contribution in [0.1, 0.15) is 46.2 Å². The second-order valence-electron chi connectivity index (χ2n) is 7.14. The predicted octanol–water partition coefficient (Wildman–Crippen LogP) is 2.37. The quantitative estimate of drug-likeness (QED) is 0.431. The maximum atomic E-state index is 13.4. The summed E-state index contributed by atoms with van der Waals surface area (Å²) in [6.07, 6.45) is 0. The normalized spacial score (nSPS) is 14.1. The number of nitrogens with one attached hydrogen (secondary N) is 1. The third kappa shape index (κ3) is 4.83. The molecule has 1 aliphatic rings. The topological polar surface area (TPSA) is 128 Å². The Morgan fingerprint density at radius 3 is 2.42 bits per heavy atom. The zero-order valence-corrected chi connectivity index (χ0v) is 19.4. The SMILES string of the molecule is CCOc1cc(C(CS(=O)(=O)OC)N2C(=O)c3cccc(NC(C)=O)c3C2=O)ccc1OC. The minimum absolute atomic E-state index is 0.00365. The van der Waals surface area contributed by atoms with Crippen molar-refractivity contribution in [1.29, 1.82) is 0 Å². The molecular formula is C22H24N2O8S. The van der Waals surface area contributed by atoms with Crippen molar-refractivity contribution >= 4 is 33.5 Å². The van der Waals surface area contributed by atoms with Crippen LogP contribution in [-0.4, -0.2) is 57.6 Å². The first-order chi connectivity index (χ1) is 15.6. The number of ether oxygens (including phenoxy) is 2. The van der Waals surface area contributed by atoms with E-state index < -0.39 is 39.6 Å². The van der Waals surface area contributed by atoms with Crippen molar-refractivity contribution in [3.8, 4) is 11.5 Å². The molecular weight excluding hydrogens is 452 g/mol.